The highest BCUT2D eigenvalue weighted by atomic mass is 32.2. The van der Waals surface area contributed by atoms with Crippen LogP contribution in [0.2, 0.25) is 0 Å². The minimum absolute atomic E-state index is 0.395. The maximum absolute atomic E-state index is 12.6. The maximum Gasteiger partial charge on any atom is 0.107 e. The predicted molar refractivity (Wildman–Crippen MR) is 72.7 cm³/mol. The first-order chi connectivity index (χ1) is 8.72. The molecule has 0 unspecified atom stereocenters. The third kappa shape index (κ3) is 4.57. The zero-order valence-electron chi connectivity index (χ0n) is 10.8. The molecule has 18 heavy (non-hydrogen) atoms. The Morgan fingerprint density at radius 1 is 1.28 bits per heavy atom. The fourth-order valence-corrected chi connectivity index (χ4v) is 2.45. The van der Waals surface area contributed by atoms with E-state index in [1.807, 2.05) is 24.3 Å². The van der Waals surface area contributed by atoms with Crippen LogP contribution >= 0.6 is 11.8 Å². The maximum atomic E-state index is 12.6. The fraction of sp³-hybridized carbons (Fsp3) is 0.538. The van der Waals surface area contributed by atoms with Crippen LogP contribution < -0.4 is 5.73 Å². The summed E-state index contributed by atoms with van der Waals surface area (Å²) in [6.07, 6.45) is -0.395. The first-order valence-electron chi connectivity index (χ1n) is 5.79. The van der Waals surface area contributed by atoms with Crippen LogP contribution in [0.3, 0.4) is 0 Å². The standard InChI is InChI=1S/C13H20FNO2S/c1-16-7-8-18-11-5-3-10(4-6-11)13(17-2)12(15)9-14/h3-6,12-13H,7-9,15H2,1-2H3/t12-,13-/m1/s1. The van der Waals surface area contributed by atoms with Gasteiger partial charge in [0.05, 0.1) is 18.8 Å². The van der Waals surface area contributed by atoms with Crippen molar-refractivity contribution in [2.45, 2.75) is 17.0 Å². The molecule has 1 rings (SSSR count). The summed E-state index contributed by atoms with van der Waals surface area (Å²) in [5, 5.41) is 0. The summed E-state index contributed by atoms with van der Waals surface area (Å²) in [7, 11) is 3.23. The number of thioether (sulfide) groups is 1. The van der Waals surface area contributed by atoms with E-state index >= 15 is 0 Å². The molecule has 2 atom stereocenters. The molecule has 0 aliphatic rings. The molecule has 0 spiro atoms. The third-order valence-corrected chi connectivity index (χ3v) is 3.56. The SMILES string of the molecule is COCCSc1ccc([C@@H](OC)[C@H](N)CF)cc1. The number of methoxy groups -OCH3 is 2. The van der Waals surface area contributed by atoms with Crippen LogP contribution in [0.15, 0.2) is 29.2 Å². The Balaban J connectivity index is 2.63. The van der Waals surface area contributed by atoms with Gasteiger partial charge in [0.2, 0.25) is 0 Å². The average molecular weight is 273 g/mol. The molecular weight excluding hydrogens is 253 g/mol. The molecular formula is C13H20FNO2S. The van der Waals surface area contributed by atoms with Crippen LogP contribution in [0.1, 0.15) is 11.7 Å². The Kier molecular flexibility index (Phi) is 7.27. The van der Waals surface area contributed by atoms with Gasteiger partial charge in [-0.15, -0.1) is 11.8 Å². The average Bonchev–Trinajstić information content (AvgIpc) is 2.41. The molecule has 102 valence electrons. The zero-order chi connectivity index (χ0) is 13.4. The normalized spacial score (nSPS) is 14.4. The zero-order valence-corrected chi connectivity index (χ0v) is 11.6. The number of hydrogen-bond donors (Lipinski definition) is 1. The number of nitrogens with two attached hydrogens (primary N) is 1. The molecule has 0 aromatic heterocycles. The van der Waals surface area contributed by atoms with Crippen molar-refractivity contribution in [3.8, 4) is 0 Å². The first kappa shape index (κ1) is 15.4. The molecule has 0 saturated heterocycles. The summed E-state index contributed by atoms with van der Waals surface area (Å²) < 4.78 is 22.8. The van der Waals surface area contributed by atoms with Crippen molar-refractivity contribution in [1.82, 2.24) is 0 Å². The van der Waals surface area contributed by atoms with Crippen molar-refractivity contribution in [3.05, 3.63) is 29.8 Å². The van der Waals surface area contributed by atoms with Crippen molar-refractivity contribution in [2.24, 2.45) is 5.73 Å². The van der Waals surface area contributed by atoms with Gasteiger partial charge in [0.1, 0.15) is 6.67 Å². The minimum Gasteiger partial charge on any atom is -0.384 e. The summed E-state index contributed by atoms with van der Waals surface area (Å²) in [5.41, 5.74) is 6.58. The minimum atomic E-state index is -0.623. The molecule has 0 bridgehead atoms. The molecule has 0 saturated carbocycles. The molecule has 0 heterocycles. The molecule has 2 N–H and O–H groups in total. The monoisotopic (exact) mass is 273 g/mol. The third-order valence-electron chi connectivity index (χ3n) is 2.59. The van der Waals surface area contributed by atoms with Crippen molar-refractivity contribution in [1.29, 1.82) is 0 Å². The van der Waals surface area contributed by atoms with Gasteiger partial charge in [-0.05, 0) is 17.7 Å². The van der Waals surface area contributed by atoms with Gasteiger partial charge in [0.15, 0.2) is 0 Å². The first-order valence-corrected chi connectivity index (χ1v) is 6.77. The van der Waals surface area contributed by atoms with Crippen molar-refractivity contribution in [2.75, 3.05) is 33.3 Å². The second-order valence-electron chi connectivity index (χ2n) is 3.88. The van der Waals surface area contributed by atoms with E-state index in [0.29, 0.717) is 0 Å². The number of benzene rings is 1. The van der Waals surface area contributed by atoms with E-state index in [0.717, 1.165) is 22.8 Å². The van der Waals surface area contributed by atoms with Crippen LogP contribution in [-0.2, 0) is 9.47 Å². The van der Waals surface area contributed by atoms with E-state index in [9.17, 15) is 4.39 Å². The summed E-state index contributed by atoms with van der Waals surface area (Å²) >= 11 is 1.72. The van der Waals surface area contributed by atoms with Crippen LogP contribution in [-0.4, -0.2) is 39.3 Å². The molecule has 0 fully saturated rings. The van der Waals surface area contributed by atoms with E-state index in [4.69, 9.17) is 15.2 Å². The van der Waals surface area contributed by atoms with Crippen LogP contribution in [0.5, 0.6) is 0 Å². The van der Waals surface area contributed by atoms with Gasteiger partial charge in [0, 0.05) is 24.9 Å². The van der Waals surface area contributed by atoms with Crippen molar-refractivity contribution >= 4 is 11.8 Å². The topological polar surface area (TPSA) is 44.5 Å². The molecule has 3 nitrogen and oxygen atoms in total. The Bertz CT molecular complexity index is 334. The van der Waals surface area contributed by atoms with E-state index < -0.39 is 18.8 Å². The smallest absolute Gasteiger partial charge is 0.107 e. The van der Waals surface area contributed by atoms with Gasteiger partial charge in [-0.1, -0.05) is 12.1 Å². The summed E-state index contributed by atoms with van der Waals surface area (Å²) in [6, 6.07) is 7.22. The van der Waals surface area contributed by atoms with Crippen LogP contribution in [0, 0.1) is 0 Å². The number of rotatable bonds is 8. The number of alkyl halides is 1. The lowest BCUT2D eigenvalue weighted by atomic mass is 10.0. The van der Waals surface area contributed by atoms with E-state index in [2.05, 4.69) is 0 Å². The Hall–Kier alpha value is -0.620. The molecule has 0 aliphatic carbocycles. The Morgan fingerprint density at radius 3 is 2.44 bits per heavy atom. The van der Waals surface area contributed by atoms with Gasteiger partial charge in [-0.3, -0.25) is 0 Å². The summed E-state index contributed by atoms with van der Waals surface area (Å²) in [6.45, 7) is 0.128. The highest BCUT2D eigenvalue weighted by molar-refractivity contribution is 7.99. The number of hydrogen-bond acceptors (Lipinski definition) is 4. The molecule has 0 amide bonds. The van der Waals surface area contributed by atoms with Crippen LogP contribution in [0.25, 0.3) is 0 Å². The second-order valence-corrected chi connectivity index (χ2v) is 5.05. The quantitative estimate of drug-likeness (QED) is 0.583. The Morgan fingerprint density at radius 2 is 1.94 bits per heavy atom. The van der Waals surface area contributed by atoms with Gasteiger partial charge >= 0.3 is 0 Å². The van der Waals surface area contributed by atoms with Crippen LogP contribution in [0.4, 0.5) is 4.39 Å². The molecule has 1 aromatic carbocycles. The summed E-state index contributed by atoms with van der Waals surface area (Å²) in [4.78, 5) is 1.15. The van der Waals surface area contributed by atoms with E-state index in [-0.39, 0.29) is 0 Å². The molecule has 0 aliphatic heterocycles. The van der Waals surface area contributed by atoms with Gasteiger partial charge in [0.25, 0.3) is 0 Å². The van der Waals surface area contributed by atoms with Gasteiger partial charge in [-0.25, -0.2) is 4.39 Å². The second kappa shape index (κ2) is 8.48. The highest BCUT2D eigenvalue weighted by Gasteiger charge is 2.18. The lowest BCUT2D eigenvalue weighted by Gasteiger charge is -2.20. The lowest BCUT2D eigenvalue weighted by Crippen LogP contribution is -2.31. The lowest BCUT2D eigenvalue weighted by molar-refractivity contribution is 0.0720. The van der Waals surface area contributed by atoms with Crippen molar-refractivity contribution in [3.63, 3.8) is 0 Å². The van der Waals surface area contributed by atoms with Gasteiger partial charge < -0.3 is 15.2 Å². The van der Waals surface area contributed by atoms with E-state index in [1.54, 1.807) is 26.0 Å². The van der Waals surface area contributed by atoms with Crippen molar-refractivity contribution < 1.29 is 13.9 Å². The fourth-order valence-electron chi connectivity index (χ4n) is 1.64. The summed E-state index contributed by atoms with van der Waals surface area (Å²) in [5.74, 6) is 0.910. The largest absolute Gasteiger partial charge is 0.384 e. The van der Waals surface area contributed by atoms with E-state index in [1.165, 1.54) is 0 Å². The van der Waals surface area contributed by atoms with Gasteiger partial charge in [-0.2, -0.15) is 0 Å². The predicted octanol–water partition coefficient (Wildman–Crippen LogP) is 2.41. The molecule has 1 aromatic rings. The number of ether oxygens (including phenoxy) is 2. The molecule has 5 heteroatoms. The number of halogens is 1. The molecule has 0 radical (unpaired) electrons. The Labute approximate surface area is 112 Å². The highest BCUT2D eigenvalue weighted by Crippen LogP contribution is 2.24.